The Morgan fingerprint density at radius 2 is 1.95 bits per heavy atom. The maximum absolute atomic E-state index is 11.8. The topological polar surface area (TPSA) is 122 Å². The molecule has 0 fully saturated rings. The molecule has 1 aromatic heterocycles. The van der Waals surface area contributed by atoms with Crippen molar-refractivity contribution in [2.24, 2.45) is 13.0 Å². The third-order valence-electron chi connectivity index (χ3n) is 2.81. The van der Waals surface area contributed by atoms with Gasteiger partial charge in [-0.15, -0.1) is 0 Å². The van der Waals surface area contributed by atoms with Gasteiger partial charge in [0.1, 0.15) is 17.5 Å². The van der Waals surface area contributed by atoms with Crippen LogP contribution < -0.4 is 27.6 Å². The first-order chi connectivity index (χ1) is 9.23. The fraction of sp³-hybridized carbons (Fsp3) is 0.583. The molecule has 0 bridgehead atoms. The molecule has 0 radical (unpaired) electrons. The highest BCUT2D eigenvalue weighted by Gasteiger charge is 2.17. The summed E-state index contributed by atoms with van der Waals surface area (Å²) in [5, 5.41) is 5.47. The van der Waals surface area contributed by atoms with E-state index in [0.29, 0.717) is 12.5 Å². The van der Waals surface area contributed by atoms with E-state index in [2.05, 4.69) is 15.6 Å². The Kier molecular flexibility index (Phi) is 4.95. The van der Waals surface area contributed by atoms with E-state index in [1.807, 2.05) is 13.8 Å². The summed E-state index contributed by atoms with van der Waals surface area (Å²) >= 11 is 0. The van der Waals surface area contributed by atoms with E-state index in [1.165, 1.54) is 7.05 Å². The summed E-state index contributed by atoms with van der Waals surface area (Å²) in [7, 11) is 1.43. The van der Waals surface area contributed by atoms with Crippen LogP contribution in [0, 0.1) is 5.92 Å². The molecule has 20 heavy (non-hydrogen) atoms. The van der Waals surface area contributed by atoms with E-state index in [4.69, 9.17) is 5.73 Å². The van der Waals surface area contributed by atoms with Gasteiger partial charge in [0, 0.05) is 13.6 Å². The van der Waals surface area contributed by atoms with E-state index in [9.17, 15) is 14.4 Å². The number of nitrogens with zero attached hydrogens (tertiary/aromatic N) is 1. The number of aromatic nitrogens is 2. The van der Waals surface area contributed by atoms with Crippen molar-refractivity contribution in [3.8, 4) is 0 Å². The molecule has 0 aliphatic carbocycles. The van der Waals surface area contributed by atoms with E-state index < -0.39 is 17.3 Å². The number of nitrogens with one attached hydrogen (secondary N) is 3. The molecule has 1 atom stereocenters. The number of hydrogen-bond acceptors (Lipinski definition) is 5. The van der Waals surface area contributed by atoms with Crippen LogP contribution in [0.2, 0.25) is 0 Å². The summed E-state index contributed by atoms with van der Waals surface area (Å²) in [6.07, 6.45) is 0. The first-order valence-corrected chi connectivity index (χ1v) is 6.37. The quantitative estimate of drug-likeness (QED) is 0.565. The zero-order valence-electron chi connectivity index (χ0n) is 12.1. The van der Waals surface area contributed by atoms with Gasteiger partial charge in [-0.25, -0.2) is 4.79 Å². The molecule has 0 aromatic carbocycles. The highest BCUT2D eigenvalue weighted by molar-refractivity contribution is 5.84. The van der Waals surface area contributed by atoms with Crippen molar-refractivity contribution in [3.05, 3.63) is 20.8 Å². The standard InChI is InChI=1S/C12H21N5O3/c1-6(2)5-14-10(18)7(3)15-8-9(13)17(4)12(20)16-11(8)19/h6-7,15H,5,13H2,1-4H3,(H,14,18)(H,16,19,20). The zero-order chi connectivity index (χ0) is 15.4. The normalized spacial score (nSPS) is 12.2. The Bertz CT molecular complexity index is 602. The predicted octanol–water partition coefficient (Wildman–Crippen LogP) is -0.772. The van der Waals surface area contributed by atoms with Crippen LogP contribution in [0.15, 0.2) is 9.59 Å². The Labute approximate surface area is 116 Å². The van der Waals surface area contributed by atoms with Crippen LogP contribution in [0.1, 0.15) is 20.8 Å². The average molecular weight is 283 g/mol. The summed E-state index contributed by atoms with van der Waals surface area (Å²) in [4.78, 5) is 37.0. The number of nitrogen functional groups attached to an aromatic ring is 1. The average Bonchev–Trinajstić information content (AvgIpc) is 2.38. The van der Waals surface area contributed by atoms with Crippen LogP contribution in [0.25, 0.3) is 0 Å². The largest absolute Gasteiger partial charge is 0.383 e. The van der Waals surface area contributed by atoms with Gasteiger partial charge in [-0.3, -0.25) is 19.1 Å². The second-order valence-electron chi connectivity index (χ2n) is 5.08. The molecular weight excluding hydrogens is 262 g/mol. The molecule has 0 saturated heterocycles. The van der Waals surface area contributed by atoms with Gasteiger partial charge in [0.25, 0.3) is 5.56 Å². The SMILES string of the molecule is CC(C)CNC(=O)C(C)Nc1c(N)n(C)c(=O)[nH]c1=O. The minimum atomic E-state index is -0.644. The van der Waals surface area contributed by atoms with Crippen LogP contribution in [-0.2, 0) is 11.8 Å². The molecule has 5 N–H and O–H groups in total. The smallest absolute Gasteiger partial charge is 0.329 e. The van der Waals surface area contributed by atoms with Gasteiger partial charge in [-0.2, -0.15) is 0 Å². The molecule has 1 amide bonds. The Hall–Kier alpha value is -2.25. The molecule has 0 saturated carbocycles. The predicted molar refractivity (Wildman–Crippen MR) is 77.6 cm³/mol. The van der Waals surface area contributed by atoms with E-state index >= 15 is 0 Å². The number of rotatable bonds is 5. The molecule has 0 aliphatic rings. The molecule has 8 heteroatoms. The van der Waals surface area contributed by atoms with Gasteiger partial charge in [-0.1, -0.05) is 13.8 Å². The lowest BCUT2D eigenvalue weighted by Gasteiger charge is -2.17. The van der Waals surface area contributed by atoms with Gasteiger partial charge in [-0.05, 0) is 12.8 Å². The fourth-order valence-corrected chi connectivity index (χ4v) is 1.52. The van der Waals surface area contributed by atoms with Crippen LogP contribution in [0.4, 0.5) is 11.5 Å². The van der Waals surface area contributed by atoms with Crippen molar-refractivity contribution in [2.75, 3.05) is 17.6 Å². The molecule has 112 valence electrons. The fourth-order valence-electron chi connectivity index (χ4n) is 1.52. The summed E-state index contributed by atoms with van der Waals surface area (Å²) in [5.41, 5.74) is 4.47. The Morgan fingerprint density at radius 1 is 1.35 bits per heavy atom. The minimum absolute atomic E-state index is 0.0118. The van der Waals surface area contributed by atoms with Crippen molar-refractivity contribution in [2.45, 2.75) is 26.8 Å². The van der Waals surface area contributed by atoms with Gasteiger partial charge in [0.2, 0.25) is 5.91 Å². The molecule has 0 aliphatic heterocycles. The molecule has 0 spiro atoms. The molecule has 1 aromatic rings. The Morgan fingerprint density at radius 3 is 2.50 bits per heavy atom. The number of nitrogens with two attached hydrogens (primary N) is 1. The van der Waals surface area contributed by atoms with Gasteiger partial charge < -0.3 is 16.4 Å². The summed E-state index contributed by atoms with van der Waals surface area (Å²) in [6, 6.07) is -0.644. The Balaban J connectivity index is 2.89. The number of amides is 1. The van der Waals surface area contributed by atoms with Gasteiger partial charge in [0.15, 0.2) is 0 Å². The number of aromatic amines is 1. The lowest BCUT2D eigenvalue weighted by Crippen LogP contribution is -2.41. The second-order valence-corrected chi connectivity index (χ2v) is 5.08. The van der Waals surface area contributed by atoms with Crippen molar-refractivity contribution in [3.63, 3.8) is 0 Å². The minimum Gasteiger partial charge on any atom is -0.383 e. The third kappa shape index (κ3) is 3.62. The zero-order valence-corrected chi connectivity index (χ0v) is 12.1. The monoisotopic (exact) mass is 283 g/mol. The summed E-state index contributed by atoms with van der Waals surface area (Å²) in [5.74, 6) is 0.0748. The van der Waals surface area contributed by atoms with Crippen LogP contribution in [0.5, 0.6) is 0 Å². The number of carbonyl (C=O) groups is 1. The van der Waals surface area contributed by atoms with E-state index in [1.54, 1.807) is 6.92 Å². The van der Waals surface area contributed by atoms with Crippen molar-refractivity contribution in [1.29, 1.82) is 0 Å². The number of hydrogen-bond donors (Lipinski definition) is 4. The van der Waals surface area contributed by atoms with Crippen LogP contribution in [-0.4, -0.2) is 28.0 Å². The molecular formula is C12H21N5O3. The second kappa shape index (κ2) is 6.27. The number of anilines is 2. The highest BCUT2D eigenvalue weighted by atomic mass is 16.2. The lowest BCUT2D eigenvalue weighted by atomic mass is 10.2. The first-order valence-electron chi connectivity index (χ1n) is 6.37. The van der Waals surface area contributed by atoms with E-state index in [0.717, 1.165) is 4.57 Å². The first kappa shape index (κ1) is 15.8. The molecule has 8 nitrogen and oxygen atoms in total. The number of H-pyrrole nitrogens is 1. The van der Waals surface area contributed by atoms with Gasteiger partial charge in [0.05, 0.1) is 0 Å². The van der Waals surface area contributed by atoms with Crippen LogP contribution in [0.3, 0.4) is 0 Å². The molecule has 1 heterocycles. The van der Waals surface area contributed by atoms with Crippen molar-refractivity contribution >= 4 is 17.4 Å². The summed E-state index contributed by atoms with van der Waals surface area (Å²) < 4.78 is 1.10. The van der Waals surface area contributed by atoms with Crippen molar-refractivity contribution < 1.29 is 4.79 Å². The van der Waals surface area contributed by atoms with Crippen molar-refractivity contribution in [1.82, 2.24) is 14.9 Å². The molecule has 1 unspecified atom stereocenters. The maximum atomic E-state index is 11.8. The lowest BCUT2D eigenvalue weighted by molar-refractivity contribution is -0.121. The van der Waals surface area contributed by atoms with Gasteiger partial charge >= 0.3 is 5.69 Å². The van der Waals surface area contributed by atoms with Crippen LogP contribution >= 0.6 is 0 Å². The third-order valence-corrected chi connectivity index (χ3v) is 2.81. The highest BCUT2D eigenvalue weighted by Crippen LogP contribution is 2.09. The number of carbonyl (C=O) groups excluding carboxylic acids is 1. The molecule has 1 rings (SSSR count). The van der Waals surface area contributed by atoms with E-state index in [-0.39, 0.29) is 17.4 Å². The maximum Gasteiger partial charge on any atom is 0.329 e. The summed E-state index contributed by atoms with van der Waals surface area (Å²) in [6.45, 7) is 6.12.